The Morgan fingerprint density at radius 3 is 1.39 bits per heavy atom. The van der Waals surface area contributed by atoms with Gasteiger partial charge in [0.25, 0.3) is 0 Å². The van der Waals surface area contributed by atoms with Gasteiger partial charge in [-0.3, -0.25) is 0 Å². The summed E-state index contributed by atoms with van der Waals surface area (Å²) in [4.78, 5) is 0. The molecule has 0 radical (unpaired) electrons. The fourth-order valence-corrected chi connectivity index (χ4v) is 2.16. The summed E-state index contributed by atoms with van der Waals surface area (Å²) in [6.45, 7) is 9.88. The van der Waals surface area contributed by atoms with Gasteiger partial charge in [-0.25, -0.2) is 0 Å². The molecule has 0 aliphatic carbocycles. The first kappa shape index (κ1) is 15.2. The quantitative estimate of drug-likeness (QED) is 0.701. The van der Waals surface area contributed by atoms with Crippen molar-refractivity contribution in [3.63, 3.8) is 0 Å². The van der Waals surface area contributed by atoms with E-state index in [9.17, 15) is 0 Å². The van der Waals surface area contributed by atoms with E-state index in [4.69, 9.17) is 9.47 Å². The van der Waals surface area contributed by atoms with Crippen molar-refractivity contribution in [2.45, 2.75) is 52.7 Å². The Hall–Kier alpha value is -0.860. The van der Waals surface area contributed by atoms with Crippen LogP contribution in [0.3, 0.4) is 0 Å². The van der Waals surface area contributed by atoms with Crippen molar-refractivity contribution >= 4 is 0 Å². The third-order valence-electron chi connectivity index (χ3n) is 2.97. The van der Waals surface area contributed by atoms with Crippen molar-refractivity contribution in [2.75, 3.05) is 13.2 Å². The van der Waals surface area contributed by atoms with Gasteiger partial charge in [-0.1, -0.05) is 24.3 Å². The van der Waals surface area contributed by atoms with Crippen molar-refractivity contribution in [3.8, 4) is 0 Å². The minimum Gasteiger partial charge on any atom is -0.378 e. The smallest absolute Gasteiger partial charge is 0.0587 e. The van der Waals surface area contributed by atoms with Crippen LogP contribution in [-0.4, -0.2) is 25.4 Å². The molecule has 0 aliphatic heterocycles. The average molecular weight is 250 g/mol. The molecule has 2 heteroatoms. The molecule has 0 heterocycles. The van der Waals surface area contributed by atoms with E-state index in [0.29, 0.717) is 12.2 Å². The second kappa shape index (κ2) is 8.28. The molecule has 0 fully saturated rings. The van der Waals surface area contributed by atoms with Gasteiger partial charge in [0.15, 0.2) is 0 Å². The van der Waals surface area contributed by atoms with E-state index in [0.717, 1.165) is 26.1 Å². The molecule has 2 atom stereocenters. The van der Waals surface area contributed by atoms with E-state index in [2.05, 4.69) is 38.1 Å². The van der Waals surface area contributed by atoms with Crippen LogP contribution in [0, 0.1) is 0 Å². The molecule has 0 saturated heterocycles. The van der Waals surface area contributed by atoms with Gasteiger partial charge in [-0.05, 0) is 51.7 Å². The zero-order valence-electron chi connectivity index (χ0n) is 12.1. The fraction of sp³-hybridized carbons (Fsp3) is 0.625. The first-order valence-electron chi connectivity index (χ1n) is 6.96. The number of benzene rings is 1. The SMILES string of the molecule is CCOC(C)Cc1ccc(CC(C)OCC)cc1. The van der Waals surface area contributed by atoms with Crippen molar-refractivity contribution in [1.82, 2.24) is 0 Å². The van der Waals surface area contributed by atoms with E-state index in [1.807, 2.05) is 13.8 Å². The summed E-state index contributed by atoms with van der Waals surface area (Å²) in [5.41, 5.74) is 2.67. The molecular formula is C16H26O2. The first-order chi connectivity index (χ1) is 8.65. The third kappa shape index (κ3) is 5.65. The maximum absolute atomic E-state index is 5.55. The van der Waals surface area contributed by atoms with Crippen molar-refractivity contribution in [3.05, 3.63) is 35.4 Å². The van der Waals surface area contributed by atoms with Gasteiger partial charge in [0.2, 0.25) is 0 Å². The van der Waals surface area contributed by atoms with Crippen molar-refractivity contribution < 1.29 is 9.47 Å². The lowest BCUT2D eigenvalue weighted by Gasteiger charge is -2.13. The molecule has 1 aromatic rings. The van der Waals surface area contributed by atoms with Crippen LogP contribution >= 0.6 is 0 Å². The molecule has 1 rings (SSSR count). The number of hydrogen-bond acceptors (Lipinski definition) is 2. The van der Waals surface area contributed by atoms with Crippen LogP contribution < -0.4 is 0 Å². The summed E-state index contributed by atoms with van der Waals surface area (Å²) in [6, 6.07) is 8.79. The minimum absolute atomic E-state index is 0.295. The maximum atomic E-state index is 5.55. The topological polar surface area (TPSA) is 18.5 Å². The zero-order valence-corrected chi connectivity index (χ0v) is 12.1. The highest BCUT2D eigenvalue weighted by Gasteiger charge is 2.05. The molecule has 0 spiro atoms. The summed E-state index contributed by atoms with van der Waals surface area (Å²) in [7, 11) is 0. The van der Waals surface area contributed by atoms with Gasteiger partial charge in [-0.2, -0.15) is 0 Å². The monoisotopic (exact) mass is 250 g/mol. The van der Waals surface area contributed by atoms with Crippen LogP contribution in [0.25, 0.3) is 0 Å². The van der Waals surface area contributed by atoms with E-state index >= 15 is 0 Å². The van der Waals surface area contributed by atoms with E-state index in [1.165, 1.54) is 11.1 Å². The Labute approximate surface area is 111 Å². The predicted octanol–water partition coefficient (Wildman–Crippen LogP) is 3.62. The fourth-order valence-electron chi connectivity index (χ4n) is 2.16. The lowest BCUT2D eigenvalue weighted by atomic mass is 10.0. The van der Waals surface area contributed by atoms with Gasteiger partial charge in [0, 0.05) is 13.2 Å². The normalized spacial score (nSPS) is 14.4. The Morgan fingerprint density at radius 1 is 0.778 bits per heavy atom. The van der Waals surface area contributed by atoms with Crippen molar-refractivity contribution in [1.29, 1.82) is 0 Å². The molecule has 2 unspecified atom stereocenters. The van der Waals surface area contributed by atoms with Crippen LogP contribution in [0.15, 0.2) is 24.3 Å². The zero-order chi connectivity index (χ0) is 13.4. The average Bonchev–Trinajstić information content (AvgIpc) is 2.32. The molecule has 1 aromatic carbocycles. The Morgan fingerprint density at radius 2 is 1.11 bits per heavy atom. The molecule has 2 nitrogen and oxygen atoms in total. The van der Waals surface area contributed by atoms with Crippen LogP contribution in [0.2, 0.25) is 0 Å². The molecule has 0 saturated carbocycles. The predicted molar refractivity (Wildman–Crippen MR) is 76.0 cm³/mol. The lowest BCUT2D eigenvalue weighted by Crippen LogP contribution is -2.12. The molecule has 0 bridgehead atoms. The van der Waals surface area contributed by atoms with Gasteiger partial charge in [-0.15, -0.1) is 0 Å². The van der Waals surface area contributed by atoms with E-state index in [1.54, 1.807) is 0 Å². The standard InChI is InChI=1S/C16H26O2/c1-5-17-13(3)11-15-7-9-16(10-8-15)12-14(4)18-6-2/h7-10,13-14H,5-6,11-12H2,1-4H3. The molecule has 102 valence electrons. The summed E-state index contributed by atoms with van der Waals surface area (Å²) < 4.78 is 11.1. The summed E-state index contributed by atoms with van der Waals surface area (Å²) in [5.74, 6) is 0. The number of hydrogen-bond donors (Lipinski definition) is 0. The second-order valence-electron chi connectivity index (χ2n) is 4.76. The Balaban J connectivity index is 2.46. The minimum atomic E-state index is 0.295. The van der Waals surface area contributed by atoms with Gasteiger partial charge >= 0.3 is 0 Å². The van der Waals surface area contributed by atoms with E-state index in [-0.39, 0.29) is 0 Å². The first-order valence-corrected chi connectivity index (χ1v) is 6.96. The summed E-state index contributed by atoms with van der Waals surface area (Å²) in [5, 5.41) is 0. The highest BCUT2D eigenvalue weighted by Crippen LogP contribution is 2.11. The van der Waals surface area contributed by atoms with E-state index < -0.39 is 0 Å². The molecule has 0 aliphatic rings. The highest BCUT2D eigenvalue weighted by molar-refractivity contribution is 5.23. The van der Waals surface area contributed by atoms with Crippen LogP contribution in [0.1, 0.15) is 38.8 Å². The number of rotatable bonds is 8. The molecule has 0 N–H and O–H groups in total. The highest BCUT2D eigenvalue weighted by atomic mass is 16.5. The molecule has 0 aromatic heterocycles. The Bertz CT molecular complexity index is 285. The second-order valence-corrected chi connectivity index (χ2v) is 4.76. The van der Waals surface area contributed by atoms with Crippen LogP contribution in [0.4, 0.5) is 0 Å². The van der Waals surface area contributed by atoms with Crippen LogP contribution in [-0.2, 0) is 22.3 Å². The van der Waals surface area contributed by atoms with Gasteiger partial charge in [0.05, 0.1) is 12.2 Å². The summed E-state index contributed by atoms with van der Waals surface area (Å²) >= 11 is 0. The molecular weight excluding hydrogens is 224 g/mol. The summed E-state index contributed by atoms with van der Waals surface area (Å²) in [6.07, 6.45) is 2.55. The largest absolute Gasteiger partial charge is 0.378 e. The maximum Gasteiger partial charge on any atom is 0.0587 e. The van der Waals surface area contributed by atoms with Gasteiger partial charge < -0.3 is 9.47 Å². The Kier molecular flexibility index (Phi) is 6.99. The molecule has 18 heavy (non-hydrogen) atoms. The van der Waals surface area contributed by atoms with Gasteiger partial charge in [0.1, 0.15) is 0 Å². The number of ether oxygens (including phenoxy) is 2. The third-order valence-corrected chi connectivity index (χ3v) is 2.97. The lowest BCUT2D eigenvalue weighted by molar-refractivity contribution is 0.0761. The van der Waals surface area contributed by atoms with Crippen LogP contribution in [0.5, 0.6) is 0 Å². The molecule has 0 amide bonds. The van der Waals surface area contributed by atoms with Crippen molar-refractivity contribution in [2.24, 2.45) is 0 Å².